The first-order valence-electron chi connectivity index (χ1n) is 9.10. The van der Waals surface area contributed by atoms with Crippen LogP contribution >= 0.6 is 0 Å². The summed E-state index contributed by atoms with van der Waals surface area (Å²) in [6.07, 6.45) is 10.2. The van der Waals surface area contributed by atoms with E-state index in [0.717, 1.165) is 55.6 Å². The summed E-state index contributed by atoms with van der Waals surface area (Å²) in [5.41, 5.74) is 2.98. The average Bonchev–Trinajstić information content (AvgIpc) is 3.23. The molecule has 138 valence electrons. The summed E-state index contributed by atoms with van der Waals surface area (Å²) >= 11 is 0. The molecule has 0 saturated carbocycles. The van der Waals surface area contributed by atoms with E-state index in [1.54, 1.807) is 10.9 Å². The first-order valence-corrected chi connectivity index (χ1v) is 9.10. The maximum Gasteiger partial charge on any atom is 0.272 e. The van der Waals surface area contributed by atoms with Crippen LogP contribution in [0.1, 0.15) is 48.3 Å². The number of aryl methyl sites for hydroxylation is 1. The number of carbonyl (C=O) groups is 1. The topological polar surface area (TPSA) is 66.8 Å². The molecule has 0 bridgehead atoms. The molecule has 0 atom stereocenters. The molecule has 0 aliphatic carbocycles. The second kappa shape index (κ2) is 7.32. The van der Waals surface area contributed by atoms with Crippen molar-refractivity contribution in [1.82, 2.24) is 24.9 Å². The van der Waals surface area contributed by atoms with Gasteiger partial charge >= 0.3 is 0 Å². The van der Waals surface area contributed by atoms with Gasteiger partial charge in [0.25, 0.3) is 5.91 Å². The zero-order valence-corrected chi connectivity index (χ0v) is 15.7. The maximum absolute atomic E-state index is 13.3. The number of amides is 1. The Labute approximate surface area is 154 Å². The number of piperidine rings is 1. The minimum Gasteiger partial charge on any atom is -0.331 e. The smallest absolute Gasteiger partial charge is 0.272 e. The van der Waals surface area contributed by atoms with Crippen molar-refractivity contribution in [1.29, 1.82) is 0 Å². The summed E-state index contributed by atoms with van der Waals surface area (Å²) in [4.78, 5) is 15.3. The van der Waals surface area contributed by atoms with Gasteiger partial charge in [-0.15, -0.1) is 13.2 Å². The molecule has 26 heavy (non-hydrogen) atoms. The SMILES string of the molecule is C=CCC1(CC=C)CCCCN1C(=O)c1cc(-c2cnn(C)c2C)n[nH]1. The third-order valence-electron chi connectivity index (χ3n) is 5.46. The molecule has 1 amide bonds. The zero-order chi connectivity index (χ0) is 18.7. The van der Waals surface area contributed by atoms with Crippen molar-refractivity contribution in [2.45, 2.75) is 44.6 Å². The van der Waals surface area contributed by atoms with Crippen molar-refractivity contribution in [3.8, 4) is 11.3 Å². The monoisotopic (exact) mass is 353 g/mol. The molecule has 0 spiro atoms. The number of aromatic amines is 1. The number of hydrogen-bond acceptors (Lipinski definition) is 3. The van der Waals surface area contributed by atoms with Crippen LogP contribution in [-0.4, -0.2) is 42.9 Å². The number of hydrogen-bond donors (Lipinski definition) is 1. The highest BCUT2D eigenvalue weighted by Crippen LogP contribution is 2.36. The molecular weight excluding hydrogens is 326 g/mol. The molecule has 6 heteroatoms. The number of H-pyrrole nitrogens is 1. The number of rotatable bonds is 6. The lowest BCUT2D eigenvalue weighted by molar-refractivity contribution is 0.0324. The van der Waals surface area contributed by atoms with Crippen molar-refractivity contribution in [2.75, 3.05) is 6.54 Å². The summed E-state index contributed by atoms with van der Waals surface area (Å²) in [5.74, 6) is -0.00584. The van der Waals surface area contributed by atoms with Crippen molar-refractivity contribution in [3.63, 3.8) is 0 Å². The molecule has 2 aromatic rings. The van der Waals surface area contributed by atoms with E-state index >= 15 is 0 Å². The van der Waals surface area contributed by atoms with E-state index in [9.17, 15) is 4.79 Å². The summed E-state index contributed by atoms with van der Waals surface area (Å²) in [6, 6.07) is 1.83. The predicted molar refractivity (Wildman–Crippen MR) is 103 cm³/mol. The molecular formula is C20H27N5O. The van der Waals surface area contributed by atoms with Gasteiger partial charge in [-0.1, -0.05) is 12.2 Å². The van der Waals surface area contributed by atoms with Gasteiger partial charge in [0.15, 0.2) is 0 Å². The summed E-state index contributed by atoms with van der Waals surface area (Å²) in [7, 11) is 1.89. The number of carbonyl (C=O) groups excluding carboxylic acids is 1. The van der Waals surface area contributed by atoms with Gasteiger partial charge < -0.3 is 4.90 Å². The summed E-state index contributed by atoms with van der Waals surface area (Å²) in [6.45, 7) is 10.5. The predicted octanol–water partition coefficient (Wildman–Crippen LogP) is 3.64. The van der Waals surface area contributed by atoms with E-state index in [1.807, 2.05) is 37.1 Å². The third kappa shape index (κ3) is 3.11. The van der Waals surface area contributed by atoms with Crippen molar-refractivity contribution in [3.05, 3.63) is 49.0 Å². The van der Waals surface area contributed by atoms with Crippen LogP contribution in [0.3, 0.4) is 0 Å². The fourth-order valence-electron chi connectivity index (χ4n) is 3.92. The Morgan fingerprint density at radius 3 is 2.69 bits per heavy atom. The zero-order valence-electron chi connectivity index (χ0n) is 15.7. The highest BCUT2D eigenvalue weighted by atomic mass is 16.2. The van der Waals surface area contributed by atoms with Gasteiger partial charge in [-0.25, -0.2) is 0 Å². The van der Waals surface area contributed by atoms with E-state index in [-0.39, 0.29) is 11.4 Å². The van der Waals surface area contributed by atoms with Gasteiger partial charge in [-0.3, -0.25) is 14.6 Å². The lowest BCUT2D eigenvalue weighted by atomic mass is 9.80. The Kier molecular flexibility index (Phi) is 5.11. The molecule has 2 aromatic heterocycles. The van der Waals surface area contributed by atoms with Crippen LogP contribution in [0.4, 0.5) is 0 Å². The Hall–Kier alpha value is -2.63. The van der Waals surface area contributed by atoms with Crippen LogP contribution in [0.2, 0.25) is 0 Å². The van der Waals surface area contributed by atoms with Crippen molar-refractivity contribution in [2.24, 2.45) is 7.05 Å². The third-order valence-corrected chi connectivity index (χ3v) is 5.46. The molecule has 3 rings (SSSR count). The van der Waals surface area contributed by atoms with E-state index in [0.29, 0.717) is 5.69 Å². The Morgan fingerprint density at radius 2 is 2.08 bits per heavy atom. The quantitative estimate of drug-likeness (QED) is 0.806. The second-order valence-corrected chi connectivity index (χ2v) is 7.06. The number of aromatic nitrogens is 4. The Balaban J connectivity index is 1.91. The highest BCUT2D eigenvalue weighted by molar-refractivity contribution is 5.94. The molecule has 0 radical (unpaired) electrons. The number of nitrogens with zero attached hydrogens (tertiary/aromatic N) is 4. The molecule has 0 aromatic carbocycles. The van der Waals surface area contributed by atoms with Crippen molar-refractivity contribution < 1.29 is 4.79 Å². The van der Waals surface area contributed by atoms with Gasteiger partial charge in [-0.05, 0) is 45.1 Å². The first kappa shape index (κ1) is 18.2. The average molecular weight is 353 g/mol. The lowest BCUT2D eigenvalue weighted by Gasteiger charge is -2.46. The van der Waals surface area contributed by atoms with Crippen LogP contribution in [0.15, 0.2) is 37.6 Å². The van der Waals surface area contributed by atoms with E-state index in [1.165, 1.54) is 0 Å². The molecule has 0 unspecified atom stereocenters. The van der Waals surface area contributed by atoms with E-state index < -0.39 is 0 Å². The molecule has 3 heterocycles. The summed E-state index contributed by atoms with van der Waals surface area (Å²) < 4.78 is 1.80. The van der Waals surface area contributed by atoms with E-state index in [4.69, 9.17) is 0 Å². The van der Waals surface area contributed by atoms with Crippen LogP contribution in [0.5, 0.6) is 0 Å². The van der Waals surface area contributed by atoms with Crippen LogP contribution in [0.25, 0.3) is 11.3 Å². The molecule has 1 aliphatic heterocycles. The van der Waals surface area contributed by atoms with Gasteiger partial charge in [-0.2, -0.15) is 10.2 Å². The minimum absolute atomic E-state index is 0.00584. The molecule has 1 saturated heterocycles. The molecule has 1 aliphatic rings. The lowest BCUT2D eigenvalue weighted by Crippen LogP contribution is -2.54. The van der Waals surface area contributed by atoms with Crippen molar-refractivity contribution >= 4 is 5.91 Å². The minimum atomic E-state index is -0.228. The normalized spacial score (nSPS) is 16.5. The fourth-order valence-corrected chi connectivity index (χ4v) is 3.92. The van der Waals surface area contributed by atoms with Gasteiger partial charge in [0.1, 0.15) is 5.69 Å². The second-order valence-electron chi connectivity index (χ2n) is 7.06. The van der Waals surface area contributed by atoms with E-state index in [2.05, 4.69) is 28.5 Å². The fraction of sp³-hybridized carbons (Fsp3) is 0.450. The largest absolute Gasteiger partial charge is 0.331 e. The first-order chi connectivity index (χ1) is 12.5. The Morgan fingerprint density at radius 1 is 1.35 bits per heavy atom. The van der Waals surface area contributed by atoms with Crippen LogP contribution in [0, 0.1) is 6.92 Å². The standard InChI is InChI=1S/C20H27N5O/c1-5-9-20(10-6-2)11-7-8-12-25(20)19(26)18-13-17(22-23-18)16-14-21-24(4)15(16)3/h5-6,13-14H,1-2,7-12H2,3-4H3,(H,22,23). The summed E-state index contributed by atoms with van der Waals surface area (Å²) in [5, 5.41) is 11.5. The highest BCUT2D eigenvalue weighted by Gasteiger charge is 2.40. The van der Waals surface area contributed by atoms with Gasteiger partial charge in [0, 0.05) is 24.8 Å². The Bertz CT molecular complexity index is 806. The maximum atomic E-state index is 13.3. The van der Waals surface area contributed by atoms with Crippen LogP contribution < -0.4 is 0 Å². The molecule has 1 N–H and O–H groups in total. The number of likely N-dealkylation sites (tertiary alicyclic amines) is 1. The molecule has 1 fully saturated rings. The van der Waals surface area contributed by atoms with Gasteiger partial charge in [0.05, 0.1) is 17.4 Å². The molecule has 6 nitrogen and oxygen atoms in total. The van der Waals surface area contributed by atoms with Crippen LogP contribution in [-0.2, 0) is 7.05 Å². The number of nitrogens with one attached hydrogen (secondary N) is 1. The van der Waals surface area contributed by atoms with Gasteiger partial charge in [0.2, 0.25) is 0 Å².